The van der Waals surface area contributed by atoms with Crippen molar-refractivity contribution in [1.29, 1.82) is 0 Å². The summed E-state index contributed by atoms with van der Waals surface area (Å²) in [7, 11) is 0. The zero-order valence-electron chi connectivity index (χ0n) is 14.7. The summed E-state index contributed by atoms with van der Waals surface area (Å²) in [5, 5.41) is 3.04. The number of hydrogen-bond acceptors (Lipinski definition) is 2. The summed E-state index contributed by atoms with van der Waals surface area (Å²) in [6, 6.07) is 14.3. The molecule has 1 heterocycles. The molecule has 3 N–H and O–H groups in total. The second kappa shape index (κ2) is 7.38. The third kappa shape index (κ3) is 4.18. The smallest absolute Gasteiger partial charge is 0.244 e. The standard InChI is InChI=1S/C20H24N4O/c1-14-7-8-18(11-15(14)2)23-20(21)22-12-19(25)24-10-9-16-5-3-4-6-17(16)13-24/h3-8,11H,9-10,12-13H2,1-2H3,(H3,21,22,23). The third-order valence-corrected chi connectivity index (χ3v) is 4.65. The van der Waals surface area contributed by atoms with Gasteiger partial charge in [0.1, 0.15) is 6.54 Å². The second-order valence-electron chi connectivity index (χ2n) is 6.46. The molecule has 2 aromatic rings. The summed E-state index contributed by atoms with van der Waals surface area (Å²) in [4.78, 5) is 18.4. The Morgan fingerprint density at radius 1 is 1.16 bits per heavy atom. The number of amides is 1. The normalized spacial score (nSPS) is 14.2. The molecule has 0 bridgehead atoms. The van der Waals surface area contributed by atoms with Gasteiger partial charge in [0, 0.05) is 18.8 Å². The van der Waals surface area contributed by atoms with Gasteiger partial charge >= 0.3 is 0 Å². The number of hydrogen-bond donors (Lipinski definition) is 2. The number of aliphatic imine (C=N–C) groups is 1. The van der Waals surface area contributed by atoms with Gasteiger partial charge in [-0.3, -0.25) is 4.79 Å². The number of rotatable bonds is 3. The molecule has 5 nitrogen and oxygen atoms in total. The van der Waals surface area contributed by atoms with E-state index in [2.05, 4.69) is 29.4 Å². The number of anilines is 1. The molecule has 0 spiro atoms. The lowest BCUT2D eigenvalue weighted by atomic mass is 10.00. The first-order valence-electron chi connectivity index (χ1n) is 8.51. The average molecular weight is 336 g/mol. The Hall–Kier alpha value is -2.82. The van der Waals surface area contributed by atoms with E-state index in [1.807, 2.05) is 42.2 Å². The van der Waals surface area contributed by atoms with E-state index < -0.39 is 0 Å². The maximum atomic E-state index is 12.4. The van der Waals surface area contributed by atoms with Gasteiger partial charge in [-0.2, -0.15) is 0 Å². The SMILES string of the molecule is Cc1ccc(NC(N)=NCC(=O)N2CCc3ccccc3C2)cc1C. The number of nitrogens with zero attached hydrogens (tertiary/aromatic N) is 2. The van der Waals surface area contributed by atoms with Crippen LogP contribution in [0.5, 0.6) is 0 Å². The largest absolute Gasteiger partial charge is 0.370 e. The van der Waals surface area contributed by atoms with Crippen LogP contribution >= 0.6 is 0 Å². The van der Waals surface area contributed by atoms with E-state index in [0.717, 1.165) is 18.7 Å². The molecule has 0 atom stereocenters. The van der Waals surface area contributed by atoms with Crippen molar-refractivity contribution < 1.29 is 4.79 Å². The van der Waals surface area contributed by atoms with Gasteiger partial charge in [0.05, 0.1) is 0 Å². The second-order valence-corrected chi connectivity index (χ2v) is 6.46. The van der Waals surface area contributed by atoms with Crippen LogP contribution in [-0.2, 0) is 17.8 Å². The van der Waals surface area contributed by atoms with Crippen LogP contribution < -0.4 is 11.1 Å². The molecule has 0 aromatic heterocycles. The molecule has 0 saturated heterocycles. The topological polar surface area (TPSA) is 70.7 Å². The molecule has 0 aliphatic carbocycles. The van der Waals surface area contributed by atoms with Crippen molar-refractivity contribution in [3.63, 3.8) is 0 Å². The van der Waals surface area contributed by atoms with E-state index in [1.165, 1.54) is 22.3 Å². The van der Waals surface area contributed by atoms with E-state index in [1.54, 1.807) is 0 Å². The quantitative estimate of drug-likeness (QED) is 0.668. The van der Waals surface area contributed by atoms with Crippen LogP contribution in [0.3, 0.4) is 0 Å². The first-order chi connectivity index (χ1) is 12.0. The van der Waals surface area contributed by atoms with Crippen molar-refractivity contribution in [2.24, 2.45) is 10.7 Å². The lowest BCUT2D eigenvalue weighted by Gasteiger charge is -2.28. The molecule has 0 saturated carbocycles. The highest BCUT2D eigenvalue weighted by atomic mass is 16.2. The van der Waals surface area contributed by atoms with Crippen molar-refractivity contribution in [3.8, 4) is 0 Å². The van der Waals surface area contributed by atoms with Crippen LogP contribution in [0, 0.1) is 13.8 Å². The predicted molar refractivity (Wildman–Crippen MR) is 102 cm³/mol. The van der Waals surface area contributed by atoms with Gasteiger partial charge in [-0.1, -0.05) is 30.3 Å². The van der Waals surface area contributed by atoms with Crippen LogP contribution in [0.15, 0.2) is 47.5 Å². The van der Waals surface area contributed by atoms with Gasteiger partial charge in [0.2, 0.25) is 5.91 Å². The van der Waals surface area contributed by atoms with Crippen molar-refractivity contribution in [2.75, 3.05) is 18.4 Å². The lowest BCUT2D eigenvalue weighted by molar-refractivity contribution is -0.130. The number of nitrogens with two attached hydrogens (primary N) is 1. The van der Waals surface area contributed by atoms with Gasteiger partial charge < -0.3 is 16.0 Å². The molecule has 5 heteroatoms. The molecule has 130 valence electrons. The Bertz CT molecular complexity index is 813. The molecule has 25 heavy (non-hydrogen) atoms. The summed E-state index contributed by atoms with van der Waals surface area (Å²) in [6.07, 6.45) is 0.891. The Morgan fingerprint density at radius 2 is 1.92 bits per heavy atom. The summed E-state index contributed by atoms with van der Waals surface area (Å²) >= 11 is 0. The van der Waals surface area contributed by atoms with Gasteiger partial charge in [0.15, 0.2) is 5.96 Å². The zero-order valence-corrected chi connectivity index (χ0v) is 14.7. The first kappa shape index (κ1) is 17.0. The fourth-order valence-corrected chi connectivity index (χ4v) is 2.97. The van der Waals surface area contributed by atoms with Crippen LogP contribution in [0.4, 0.5) is 5.69 Å². The molecular formula is C20H24N4O. The fourth-order valence-electron chi connectivity index (χ4n) is 2.97. The van der Waals surface area contributed by atoms with E-state index in [4.69, 9.17) is 5.73 Å². The van der Waals surface area contributed by atoms with E-state index in [0.29, 0.717) is 6.54 Å². The van der Waals surface area contributed by atoms with Gasteiger partial charge in [-0.15, -0.1) is 0 Å². The average Bonchev–Trinajstić information content (AvgIpc) is 2.62. The van der Waals surface area contributed by atoms with Gasteiger partial charge in [-0.25, -0.2) is 4.99 Å². The molecule has 0 radical (unpaired) electrons. The Kier molecular flexibility index (Phi) is 5.03. The Balaban J connectivity index is 1.57. The molecular weight excluding hydrogens is 312 g/mol. The Labute approximate surface area is 148 Å². The van der Waals surface area contributed by atoms with Crippen molar-refractivity contribution in [3.05, 3.63) is 64.7 Å². The zero-order chi connectivity index (χ0) is 17.8. The number of benzene rings is 2. The van der Waals surface area contributed by atoms with Crippen LogP contribution in [0.1, 0.15) is 22.3 Å². The summed E-state index contributed by atoms with van der Waals surface area (Å²) in [5.41, 5.74) is 11.7. The monoisotopic (exact) mass is 336 g/mol. The Morgan fingerprint density at radius 3 is 2.68 bits per heavy atom. The molecule has 3 rings (SSSR count). The maximum Gasteiger partial charge on any atom is 0.244 e. The number of nitrogens with one attached hydrogen (secondary N) is 1. The van der Waals surface area contributed by atoms with E-state index in [9.17, 15) is 4.79 Å². The molecule has 1 aliphatic rings. The number of aryl methyl sites for hydroxylation is 2. The molecule has 1 aliphatic heterocycles. The highest BCUT2D eigenvalue weighted by molar-refractivity contribution is 5.94. The number of guanidine groups is 1. The third-order valence-electron chi connectivity index (χ3n) is 4.65. The van der Waals surface area contributed by atoms with Crippen molar-refractivity contribution in [2.45, 2.75) is 26.8 Å². The predicted octanol–water partition coefficient (Wildman–Crippen LogP) is 2.61. The van der Waals surface area contributed by atoms with Crippen LogP contribution in [-0.4, -0.2) is 29.9 Å². The minimum absolute atomic E-state index is 0.000611. The number of fused-ring (bicyclic) bond motifs is 1. The molecule has 1 amide bonds. The molecule has 2 aromatic carbocycles. The first-order valence-corrected chi connectivity index (χ1v) is 8.51. The molecule has 0 fully saturated rings. The van der Waals surface area contributed by atoms with Crippen LogP contribution in [0.2, 0.25) is 0 Å². The van der Waals surface area contributed by atoms with Gasteiger partial charge in [0.25, 0.3) is 0 Å². The van der Waals surface area contributed by atoms with Crippen molar-refractivity contribution >= 4 is 17.6 Å². The van der Waals surface area contributed by atoms with Crippen molar-refractivity contribution in [1.82, 2.24) is 4.90 Å². The maximum absolute atomic E-state index is 12.4. The highest BCUT2D eigenvalue weighted by Crippen LogP contribution is 2.18. The highest BCUT2D eigenvalue weighted by Gasteiger charge is 2.19. The van der Waals surface area contributed by atoms with E-state index in [-0.39, 0.29) is 18.4 Å². The number of carbonyl (C=O) groups is 1. The summed E-state index contributed by atoms with van der Waals surface area (Å²) in [5.74, 6) is 0.258. The van der Waals surface area contributed by atoms with E-state index >= 15 is 0 Å². The minimum atomic E-state index is -0.000611. The lowest BCUT2D eigenvalue weighted by Crippen LogP contribution is -2.38. The number of carbonyl (C=O) groups excluding carboxylic acids is 1. The van der Waals surface area contributed by atoms with Gasteiger partial charge in [-0.05, 0) is 54.7 Å². The summed E-state index contributed by atoms with van der Waals surface area (Å²) < 4.78 is 0. The minimum Gasteiger partial charge on any atom is -0.370 e. The van der Waals surface area contributed by atoms with Crippen LogP contribution in [0.25, 0.3) is 0 Å². The molecule has 0 unspecified atom stereocenters. The fraction of sp³-hybridized carbons (Fsp3) is 0.300. The summed E-state index contributed by atoms with van der Waals surface area (Å²) in [6.45, 7) is 5.55.